The Morgan fingerprint density at radius 2 is 2.09 bits per heavy atom. The molecule has 124 valence electrons. The van der Waals surface area contributed by atoms with Gasteiger partial charge in [0, 0.05) is 31.7 Å². The number of hydrogen-bond acceptors (Lipinski definition) is 4. The van der Waals surface area contributed by atoms with Crippen LogP contribution in [0.2, 0.25) is 0 Å². The van der Waals surface area contributed by atoms with Gasteiger partial charge in [-0.25, -0.2) is 8.42 Å². The second kappa shape index (κ2) is 6.85. The van der Waals surface area contributed by atoms with Gasteiger partial charge in [0.05, 0.1) is 11.9 Å². The van der Waals surface area contributed by atoms with Crippen LogP contribution < -0.4 is 10.0 Å². The van der Waals surface area contributed by atoms with Gasteiger partial charge in [-0.15, -0.1) is 12.4 Å². The lowest BCUT2D eigenvalue weighted by atomic mass is 10.1. The Bertz CT molecular complexity index is 663. The molecule has 0 bridgehead atoms. The standard InChI is InChI=1S/C14H21N3O3S.ClH/c1-10(9-15)16(2)14(18)12-4-5-13-11(8-12)6-7-17(13)21(3,19)20;/h4-5,8,10H,6-7,9,15H2,1-3H3;1H. The summed E-state index contributed by atoms with van der Waals surface area (Å²) in [4.78, 5) is 14.0. The molecule has 1 heterocycles. The molecule has 0 radical (unpaired) electrons. The van der Waals surface area contributed by atoms with Crippen LogP contribution in [0.1, 0.15) is 22.8 Å². The molecule has 0 aliphatic carbocycles. The highest BCUT2D eigenvalue weighted by molar-refractivity contribution is 7.92. The fourth-order valence-corrected chi connectivity index (χ4v) is 3.37. The van der Waals surface area contributed by atoms with Gasteiger partial charge in [0.15, 0.2) is 0 Å². The van der Waals surface area contributed by atoms with E-state index in [9.17, 15) is 13.2 Å². The smallest absolute Gasteiger partial charge is 0.253 e. The lowest BCUT2D eigenvalue weighted by molar-refractivity contribution is 0.0748. The third kappa shape index (κ3) is 3.53. The van der Waals surface area contributed by atoms with Crippen molar-refractivity contribution >= 4 is 34.0 Å². The molecule has 0 saturated carbocycles. The van der Waals surface area contributed by atoms with Crippen molar-refractivity contribution in [2.45, 2.75) is 19.4 Å². The quantitative estimate of drug-likeness (QED) is 0.875. The third-order valence-corrected chi connectivity index (χ3v) is 5.08. The largest absolute Gasteiger partial charge is 0.338 e. The number of hydrogen-bond donors (Lipinski definition) is 1. The first-order valence-electron chi connectivity index (χ1n) is 6.83. The summed E-state index contributed by atoms with van der Waals surface area (Å²) in [5.41, 5.74) is 7.70. The summed E-state index contributed by atoms with van der Waals surface area (Å²) < 4.78 is 24.8. The number of halogens is 1. The highest BCUT2D eigenvalue weighted by Crippen LogP contribution is 2.31. The number of likely N-dealkylation sites (N-methyl/N-ethyl adjacent to an activating group) is 1. The van der Waals surface area contributed by atoms with Crippen molar-refractivity contribution in [1.82, 2.24) is 4.90 Å². The van der Waals surface area contributed by atoms with E-state index in [0.29, 0.717) is 30.8 Å². The van der Waals surface area contributed by atoms with Gasteiger partial charge >= 0.3 is 0 Å². The van der Waals surface area contributed by atoms with Crippen molar-refractivity contribution in [3.63, 3.8) is 0 Å². The van der Waals surface area contributed by atoms with E-state index in [4.69, 9.17) is 5.73 Å². The van der Waals surface area contributed by atoms with E-state index in [1.165, 1.54) is 10.6 Å². The lowest BCUT2D eigenvalue weighted by Crippen LogP contribution is -2.39. The minimum Gasteiger partial charge on any atom is -0.338 e. The second-order valence-corrected chi connectivity index (χ2v) is 7.34. The maximum absolute atomic E-state index is 12.4. The average Bonchev–Trinajstić information content (AvgIpc) is 2.87. The van der Waals surface area contributed by atoms with Gasteiger partial charge in [-0.05, 0) is 37.1 Å². The monoisotopic (exact) mass is 347 g/mol. The molecule has 0 spiro atoms. The molecule has 0 aromatic heterocycles. The van der Waals surface area contributed by atoms with Crippen LogP contribution in [0.25, 0.3) is 0 Å². The Labute approximate surface area is 137 Å². The fourth-order valence-electron chi connectivity index (χ4n) is 2.41. The van der Waals surface area contributed by atoms with Gasteiger partial charge in [-0.3, -0.25) is 9.10 Å². The Morgan fingerprint density at radius 3 is 2.64 bits per heavy atom. The maximum atomic E-state index is 12.4. The molecule has 0 saturated heterocycles. The zero-order valence-corrected chi connectivity index (χ0v) is 14.6. The summed E-state index contributed by atoms with van der Waals surface area (Å²) in [5.74, 6) is -0.103. The van der Waals surface area contributed by atoms with Crippen LogP contribution in [0.4, 0.5) is 5.69 Å². The number of nitrogens with two attached hydrogens (primary N) is 1. The van der Waals surface area contributed by atoms with Crippen molar-refractivity contribution < 1.29 is 13.2 Å². The average molecular weight is 348 g/mol. The van der Waals surface area contributed by atoms with E-state index < -0.39 is 10.0 Å². The van der Waals surface area contributed by atoms with Gasteiger partial charge in [0.2, 0.25) is 10.0 Å². The van der Waals surface area contributed by atoms with Gasteiger partial charge in [-0.1, -0.05) is 0 Å². The van der Waals surface area contributed by atoms with E-state index in [-0.39, 0.29) is 24.4 Å². The third-order valence-electron chi connectivity index (χ3n) is 3.90. The van der Waals surface area contributed by atoms with Crippen molar-refractivity contribution in [2.24, 2.45) is 5.73 Å². The molecule has 2 N–H and O–H groups in total. The number of benzene rings is 1. The minimum absolute atomic E-state index is 0. The van der Waals surface area contributed by atoms with Crippen LogP contribution in [0, 0.1) is 0 Å². The predicted molar refractivity (Wildman–Crippen MR) is 90.2 cm³/mol. The molecule has 1 amide bonds. The Hall–Kier alpha value is -1.31. The highest BCUT2D eigenvalue weighted by atomic mass is 35.5. The highest BCUT2D eigenvalue weighted by Gasteiger charge is 2.27. The first-order chi connectivity index (χ1) is 9.75. The summed E-state index contributed by atoms with van der Waals surface area (Å²) >= 11 is 0. The summed E-state index contributed by atoms with van der Waals surface area (Å²) in [6.45, 7) is 2.71. The Morgan fingerprint density at radius 1 is 1.45 bits per heavy atom. The molecular weight excluding hydrogens is 326 g/mol. The van der Waals surface area contributed by atoms with E-state index in [1.54, 1.807) is 30.1 Å². The summed E-state index contributed by atoms with van der Waals surface area (Å²) in [5, 5.41) is 0. The topological polar surface area (TPSA) is 83.7 Å². The van der Waals surface area contributed by atoms with Gasteiger partial charge in [0.25, 0.3) is 5.91 Å². The van der Waals surface area contributed by atoms with E-state index >= 15 is 0 Å². The number of carbonyl (C=O) groups excluding carboxylic acids is 1. The van der Waals surface area contributed by atoms with Crippen LogP contribution in [-0.4, -0.2) is 51.7 Å². The van der Waals surface area contributed by atoms with Crippen LogP contribution in [0.3, 0.4) is 0 Å². The van der Waals surface area contributed by atoms with Crippen molar-refractivity contribution in [3.8, 4) is 0 Å². The van der Waals surface area contributed by atoms with Gasteiger partial charge < -0.3 is 10.6 Å². The number of fused-ring (bicyclic) bond motifs is 1. The van der Waals surface area contributed by atoms with Crippen LogP contribution in [-0.2, 0) is 16.4 Å². The zero-order chi connectivity index (χ0) is 15.8. The van der Waals surface area contributed by atoms with E-state index in [1.807, 2.05) is 6.92 Å². The number of carbonyl (C=O) groups is 1. The number of sulfonamides is 1. The normalized spacial score (nSPS) is 15.0. The van der Waals surface area contributed by atoms with Gasteiger partial charge in [0.1, 0.15) is 0 Å². The molecule has 1 atom stereocenters. The van der Waals surface area contributed by atoms with E-state index in [0.717, 1.165) is 5.56 Å². The number of amides is 1. The summed E-state index contributed by atoms with van der Waals surface area (Å²) in [6, 6.07) is 5.11. The zero-order valence-electron chi connectivity index (χ0n) is 12.9. The van der Waals surface area contributed by atoms with Crippen molar-refractivity contribution in [3.05, 3.63) is 29.3 Å². The summed E-state index contributed by atoms with van der Waals surface area (Å²) in [7, 11) is -1.54. The Balaban J connectivity index is 0.00000242. The lowest BCUT2D eigenvalue weighted by Gasteiger charge is -2.24. The molecule has 1 aliphatic heterocycles. The molecule has 0 fully saturated rings. The number of nitrogens with zero attached hydrogens (tertiary/aromatic N) is 2. The predicted octanol–water partition coefficient (Wildman–Crippen LogP) is 0.850. The first-order valence-corrected chi connectivity index (χ1v) is 8.68. The first kappa shape index (κ1) is 18.7. The summed E-state index contributed by atoms with van der Waals surface area (Å²) in [6.07, 6.45) is 1.82. The molecule has 8 heteroatoms. The number of anilines is 1. The minimum atomic E-state index is -3.26. The molecular formula is C14H22ClN3O3S. The Kier molecular flexibility index (Phi) is 5.83. The SMILES string of the molecule is CC(CN)N(C)C(=O)c1ccc2c(c1)CCN2S(C)(=O)=O.Cl. The molecule has 6 nitrogen and oxygen atoms in total. The maximum Gasteiger partial charge on any atom is 0.253 e. The fraction of sp³-hybridized carbons (Fsp3) is 0.500. The molecule has 2 rings (SSSR count). The van der Waals surface area contributed by atoms with Crippen molar-refractivity contribution in [2.75, 3.05) is 30.7 Å². The molecule has 1 aromatic rings. The number of rotatable bonds is 4. The van der Waals surface area contributed by atoms with Crippen LogP contribution in [0.5, 0.6) is 0 Å². The molecule has 1 aromatic carbocycles. The van der Waals surface area contributed by atoms with Gasteiger partial charge in [-0.2, -0.15) is 0 Å². The van der Waals surface area contributed by atoms with Crippen molar-refractivity contribution in [1.29, 1.82) is 0 Å². The molecule has 1 aliphatic rings. The van der Waals surface area contributed by atoms with E-state index in [2.05, 4.69) is 0 Å². The second-order valence-electron chi connectivity index (χ2n) is 5.43. The molecule has 1 unspecified atom stereocenters. The van der Waals surface area contributed by atoms with Crippen LogP contribution in [0.15, 0.2) is 18.2 Å². The molecule has 22 heavy (non-hydrogen) atoms. The van der Waals surface area contributed by atoms with Crippen LogP contribution >= 0.6 is 12.4 Å².